The summed E-state index contributed by atoms with van der Waals surface area (Å²) in [5.74, 6) is -1.54. The standard InChI is InChI=1S/C12H15BrN2O3/c1-7-3-4-9(13)10(5-7)15-12(18)11(17)14-6-8(2)16/h3-5,8,16H,6H2,1-2H3,(H,14,17)(H,15,18). The molecule has 0 spiro atoms. The van der Waals surface area contributed by atoms with Gasteiger partial charge in [-0.3, -0.25) is 9.59 Å². The minimum Gasteiger partial charge on any atom is -0.392 e. The van der Waals surface area contributed by atoms with Crippen LogP contribution < -0.4 is 10.6 Å². The number of aryl methyl sites for hydroxylation is 1. The molecule has 1 aromatic carbocycles. The van der Waals surface area contributed by atoms with Crippen LogP contribution in [0.15, 0.2) is 22.7 Å². The average Bonchev–Trinajstić information content (AvgIpc) is 2.30. The third-order valence-electron chi connectivity index (χ3n) is 2.13. The lowest BCUT2D eigenvalue weighted by molar-refractivity contribution is -0.136. The number of aliphatic hydroxyl groups excluding tert-OH is 1. The van der Waals surface area contributed by atoms with Gasteiger partial charge in [0.2, 0.25) is 0 Å². The number of carbonyl (C=O) groups excluding carboxylic acids is 2. The molecule has 0 saturated carbocycles. The maximum Gasteiger partial charge on any atom is 0.313 e. The van der Waals surface area contributed by atoms with E-state index in [2.05, 4.69) is 26.6 Å². The number of anilines is 1. The summed E-state index contributed by atoms with van der Waals surface area (Å²) in [5.41, 5.74) is 1.50. The minimum atomic E-state index is -0.774. The van der Waals surface area contributed by atoms with E-state index < -0.39 is 17.9 Å². The molecular formula is C12H15BrN2O3. The summed E-state index contributed by atoms with van der Waals surface area (Å²) in [6.45, 7) is 3.45. The van der Waals surface area contributed by atoms with Crippen LogP contribution in [0.2, 0.25) is 0 Å². The molecule has 18 heavy (non-hydrogen) atoms. The maximum atomic E-state index is 11.6. The SMILES string of the molecule is Cc1ccc(Br)c(NC(=O)C(=O)NCC(C)O)c1. The normalized spacial score (nSPS) is 11.8. The zero-order valence-corrected chi connectivity index (χ0v) is 11.7. The van der Waals surface area contributed by atoms with Crippen LogP contribution in [-0.4, -0.2) is 29.6 Å². The number of halogens is 1. The lowest BCUT2D eigenvalue weighted by atomic mass is 10.2. The number of hydrogen-bond acceptors (Lipinski definition) is 3. The first-order valence-corrected chi connectivity index (χ1v) is 6.23. The van der Waals surface area contributed by atoms with Crippen molar-refractivity contribution in [2.24, 2.45) is 0 Å². The van der Waals surface area contributed by atoms with Crippen molar-refractivity contribution in [1.82, 2.24) is 5.32 Å². The molecule has 2 amide bonds. The second-order valence-corrected chi connectivity index (χ2v) is 4.85. The van der Waals surface area contributed by atoms with Gasteiger partial charge in [-0.05, 0) is 47.5 Å². The molecule has 0 aliphatic carbocycles. The minimum absolute atomic E-state index is 0.0429. The number of amides is 2. The molecule has 0 radical (unpaired) electrons. The molecule has 0 heterocycles. The Labute approximate surface area is 114 Å². The average molecular weight is 315 g/mol. The molecule has 0 aliphatic heterocycles. The van der Waals surface area contributed by atoms with Crippen LogP contribution >= 0.6 is 15.9 Å². The molecule has 0 saturated heterocycles. The highest BCUT2D eigenvalue weighted by Crippen LogP contribution is 2.23. The van der Waals surface area contributed by atoms with E-state index in [4.69, 9.17) is 5.11 Å². The highest BCUT2D eigenvalue weighted by Gasteiger charge is 2.15. The van der Waals surface area contributed by atoms with Crippen LogP contribution in [0, 0.1) is 6.92 Å². The molecule has 5 nitrogen and oxygen atoms in total. The fourth-order valence-corrected chi connectivity index (χ4v) is 1.58. The van der Waals surface area contributed by atoms with Crippen molar-refractivity contribution in [2.75, 3.05) is 11.9 Å². The number of aliphatic hydroxyl groups is 1. The number of carbonyl (C=O) groups is 2. The quantitative estimate of drug-likeness (QED) is 0.733. The predicted octanol–water partition coefficient (Wildman–Crippen LogP) is 1.19. The topological polar surface area (TPSA) is 78.4 Å². The lowest BCUT2D eigenvalue weighted by Crippen LogP contribution is -2.38. The fourth-order valence-electron chi connectivity index (χ4n) is 1.23. The summed E-state index contributed by atoms with van der Waals surface area (Å²) in [5, 5.41) is 13.8. The molecule has 1 unspecified atom stereocenters. The third kappa shape index (κ3) is 4.46. The van der Waals surface area contributed by atoms with Gasteiger partial charge in [-0.25, -0.2) is 0 Å². The van der Waals surface area contributed by atoms with Gasteiger partial charge in [-0.15, -0.1) is 0 Å². The smallest absolute Gasteiger partial charge is 0.313 e. The van der Waals surface area contributed by atoms with Crippen molar-refractivity contribution in [1.29, 1.82) is 0 Å². The molecule has 0 fully saturated rings. The summed E-state index contributed by atoms with van der Waals surface area (Å²) in [7, 11) is 0. The van der Waals surface area contributed by atoms with Gasteiger partial charge in [0.25, 0.3) is 0 Å². The van der Waals surface area contributed by atoms with Crippen LogP contribution in [0.1, 0.15) is 12.5 Å². The van der Waals surface area contributed by atoms with E-state index in [-0.39, 0.29) is 6.54 Å². The maximum absolute atomic E-state index is 11.6. The number of nitrogens with one attached hydrogen (secondary N) is 2. The van der Waals surface area contributed by atoms with Crippen molar-refractivity contribution in [3.63, 3.8) is 0 Å². The van der Waals surface area contributed by atoms with Gasteiger partial charge >= 0.3 is 11.8 Å². The lowest BCUT2D eigenvalue weighted by Gasteiger charge is -2.09. The van der Waals surface area contributed by atoms with E-state index in [1.54, 1.807) is 12.1 Å². The van der Waals surface area contributed by atoms with E-state index in [9.17, 15) is 9.59 Å². The van der Waals surface area contributed by atoms with Crippen LogP contribution in [0.25, 0.3) is 0 Å². The molecule has 0 aliphatic rings. The summed E-state index contributed by atoms with van der Waals surface area (Å²) in [4.78, 5) is 23.0. The zero-order valence-electron chi connectivity index (χ0n) is 10.2. The summed E-state index contributed by atoms with van der Waals surface area (Å²) in [6.07, 6.45) is -0.688. The van der Waals surface area contributed by atoms with Crippen LogP contribution in [0.4, 0.5) is 5.69 Å². The van der Waals surface area contributed by atoms with E-state index >= 15 is 0 Å². The van der Waals surface area contributed by atoms with Crippen LogP contribution in [0.5, 0.6) is 0 Å². The molecule has 0 aromatic heterocycles. The van der Waals surface area contributed by atoms with Gasteiger partial charge in [-0.2, -0.15) is 0 Å². The Kier molecular flexibility index (Phi) is 5.30. The van der Waals surface area contributed by atoms with Crippen molar-refractivity contribution in [3.8, 4) is 0 Å². The number of hydrogen-bond donors (Lipinski definition) is 3. The van der Waals surface area contributed by atoms with Crippen molar-refractivity contribution < 1.29 is 14.7 Å². The number of rotatable bonds is 3. The highest BCUT2D eigenvalue weighted by atomic mass is 79.9. The number of benzene rings is 1. The van der Waals surface area contributed by atoms with Gasteiger partial charge in [-0.1, -0.05) is 6.07 Å². The Balaban J connectivity index is 2.64. The van der Waals surface area contributed by atoms with E-state index in [0.717, 1.165) is 5.56 Å². The fraction of sp³-hybridized carbons (Fsp3) is 0.333. The van der Waals surface area contributed by atoms with Crippen LogP contribution in [0.3, 0.4) is 0 Å². The first kappa shape index (κ1) is 14.7. The molecule has 98 valence electrons. The predicted molar refractivity (Wildman–Crippen MR) is 72.2 cm³/mol. The Morgan fingerprint density at radius 2 is 2.06 bits per heavy atom. The summed E-state index contributed by atoms with van der Waals surface area (Å²) >= 11 is 3.28. The second kappa shape index (κ2) is 6.51. The Bertz CT molecular complexity index is 461. The Morgan fingerprint density at radius 3 is 2.67 bits per heavy atom. The molecule has 1 aromatic rings. The van der Waals surface area contributed by atoms with E-state index in [1.807, 2.05) is 13.0 Å². The van der Waals surface area contributed by atoms with Crippen LogP contribution in [-0.2, 0) is 9.59 Å². The molecular weight excluding hydrogens is 300 g/mol. The van der Waals surface area contributed by atoms with Gasteiger partial charge in [0.1, 0.15) is 0 Å². The third-order valence-corrected chi connectivity index (χ3v) is 2.83. The first-order valence-electron chi connectivity index (χ1n) is 5.43. The van der Waals surface area contributed by atoms with Gasteiger partial charge in [0.15, 0.2) is 0 Å². The van der Waals surface area contributed by atoms with Crippen molar-refractivity contribution in [3.05, 3.63) is 28.2 Å². The van der Waals surface area contributed by atoms with E-state index in [0.29, 0.717) is 10.2 Å². The monoisotopic (exact) mass is 314 g/mol. The largest absolute Gasteiger partial charge is 0.392 e. The second-order valence-electron chi connectivity index (χ2n) is 4.00. The first-order chi connectivity index (χ1) is 8.40. The van der Waals surface area contributed by atoms with Crippen molar-refractivity contribution >= 4 is 33.4 Å². The molecule has 1 atom stereocenters. The molecule has 6 heteroatoms. The Hall–Kier alpha value is -1.40. The van der Waals surface area contributed by atoms with Gasteiger partial charge < -0.3 is 15.7 Å². The van der Waals surface area contributed by atoms with Gasteiger partial charge in [0.05, 0.1) is 11.8 Å². The summed E-state index contributed by atoms with van der Waals surface area (Å²) < 4.78 is 0.699. The molecule has 3 N–H and O–H groups in total. The van der Waals surface area contributed by atoms with Crippen molar-refractivity contribution in [2.45, 2.75) is 20.0 Å². The Morgan fingerprint density at radius 1 is 1.39 bits per heavy atom. The van der Waals surface area contributed by atoms with E-state index in [1.165, 1.54) is 6.92 Å². The molecule has 0 bridgehead atoms. The van der Waals surface area contributed by atoms with Gasteiger partial charge in [0, 0.05) is 11.0 Å². The zero-order chi connectivity index (χ0) is 13.7. The molecule has 1 rings (SSSR count). The highest BCUT2D eigenvalue weighted by molar-refractivity contribution is 9.10. The summed E-state index contributed by atoms with van der Waals surface area (Å²) in [6, 6.07) is 5.43.